The second kappa shape index (κ2) is 9.27. The zero-order valence-electron chi connectivity index (χ0n) is 15.2. The number of rotatable bonds is 8. The van der Waals surface area contributed by atoms with Gasteiger partial charge in [-0.05, 0) is 26.0 Å². The maximum atomic E-state index is 12.4. The third kappa shape index (κ3) is 5.63. The fourth-order valence-electron chi connectivity index (χ4n) is 2.71. The van der Waals surface area contributed by atoms with Gasteiger partial charge in [0.25, 0.3) is 11.8 Å². The second-order valence-electron chi connectivity index (χ2n) is 6.18. The van der Waals surface area contributed by atoms with Gasteiger partial charge in [-0.25, -0.2) is 0 Å². The lowest BCUT2D eigenvalue weighted by Gasteiger charge is -2.30. The fourth-order valence-corrected chi connectivity index (χ4v) is 2.71. The van der Waals surface area contributed by atoms with Crippen molar-refractivity contribution in [1.82, 2.24) is 10.2 Å². The summed E-state index contributed by atoms with van der Waals surface area (Å²) in [6.45, 7) is 6.62. The Balaban J connectivity index is 1.82. The third-order valence-corrected chi connectivity index (χ3v) is 4.16. The Morgan fingerprint density at radius 3 is 2.64 bits per heavy atom. The van der Waals surface area contributed by atoms with Crippen molar-refractivity contribution in [2.45, 2.75) is 20.0 Å². The van der Waals surface area contributed by atoms with Crippen molar-refractivity contribution in [3.63, 3.8) is 0 Å². The molecule has 1 heterocycles. The summed E-state index contributed by atoms with van der Waals surface area (Å²) in [6, 6.07) is 7.52. The van der Waals surface area contributed by atoms with Crippen LogP contribution >= 0.6 is 0 Å². The number of nitrogens with zero attached hydrogens (tertiary/aromatic N) is 1. The second-order valence-corrected chi connectivity index (χ2v) is 6.18. The molecule has 7 heteroatoms. The lowest BCUT2D eigenvalue weighted by Crippen LogP contribution is -3.14. The predicted molar refractivity (Wildman–Crippen MR) is 93.9 cm³/mol. The van der Waals surface area contributed by atoms with E-state index in [0.717, 1.165) is 10.6 Å². The largest absolute Gasteiger partial charge is 0.486 e. The molecule has 2 atom stereocenters. The molecule has 25 heavy (non-hydrogen) atoms. The Hall–Kier alpha value is -2.28. The number of hydrogen-bond acceptors (Lipinski definition) is 4. The molecule has 1 unspecified atom stereocenters. The molecule has 138 valence electrons. The van der Waals surface area contributed by atoms with Gasteiger partial charge < -0.3 is 24.6 Å². The van der Waals surface area contributed by atoms with E-state index in [4.69, 9.17) is 9.47 Å². The normalized spacial score (nSPS) is 16.8. The summed E-state index contributed by atoms with van der Waals surface area (Å²) >= 11 is 0. The number of carbonyl (C=O) groups is 2. The summed E-state index contributed by atoms with van der Waals surface area (Å²) in [5.74, 6) is 1.40. The minimum Gasteiger partial charge on any atom is -0.486 e. The van der Waals surface area contributed by atoms with E-state index in [0.29, 0.717) is 38.5 Å². The van der Waals surface area contributed by atoms with Crippen molar-refractivity contribution in [3.8, 4) is 11.5 Å². The number of benzene rings is 1. The molecule has 0 radical (unpaired) electrons. The summed E-state index contributed by atoms with van der Waals surface area (Å²) < 4.78 is 11.6. The van der Waals surface area contributed by atoms with Crippen molar-refractivity contribution in [1.29, 1.82) is 0 Å². The Morgan fingerprint density at radius 1 is 1.24 bits per heavy atom. The Kier molecular flexibility index (Phi) is 7.06. The zero-order chi connectivity index (χ0) is 18.2. The van der Waals surface area contributed by atoms with Crippen LogP contribution in [0.5, 0.6) is 11.5 Å². The van der Waals surface area contributed by atoms with E-state index in [1.807, 2.05) is 38.1 Å². The SMILES string of the molecule is CCNC(=O)C[NH+](CC)CC(=O)N(C)C[C@@H]1COc2ccccc2O1. The van der Waals surface area contributed by atoms with Crippen molar-refractivity contribution >= 4 is 11.8 Å². The lowest BCUT2D eigenvalue weighted by atomic mass is 10.2. The number of para-hydroxylation sites is 2. The van der Waals surface area contributed by atoms with E-state index in [1.54, 1.807) is 11.9 Å². The quantitative estimate of drug-likeness (QED) is 0.652. The van der Waals surface area contributed by atoms with Crippen molar-refractivity contribution in [3.05, 3.63) is 24.3 Å². The van der Waals surface area contributed by atoms with Gasteiger partial charge in [0.15, 0.2) is 30.7 Å². The van der Waals surface area contributed by atoms with E-state index < -0.39 is 0 Å². The molecule has 0 fully saturated rings. The van der Waals surface area contributed by atoms with Gasteiger partial charge in [-0.2, -0.15) is 0 Å². The first-order valence-electron chi connectivity index (χ1n) is 8.76. The van der Waals surface area contributed by atoms with Crippen LogP contribution in [0, 0.1) is 0 Å². The molecule has 2 rings (SSSR count). The van der Waals surface area contributed by atoms with E-state index >= 15 is 0 Å². The van der Waals surface area contributed by atoms with Gasteiger partial charge in [0.1, 0.15) is 6.61 Å². The van der Waals surface area contributed by atoms with Crippen molar-refractivity contribution in [2.75, 3.05) is 46.4 Å². The number of nitrogens with one attached hydrogen (secondary N) is 2. The first-order chi connectivity index (χ1) is 12.0. The van der Waals surface area contributed by atoms with Crippen LogP contribution in [0.25, 0.3) is 0 Å². The molecule has 2 amide bonds. The number of ether oxygens (including phenoxy) is 2. The van der Waals surface area contributed by atoms with Crippen LogP contribution in [0.3, 0.4) is 0 Å². The molecule has 1 aliphatic heterocycles. The number of quaternary nitrogens is 1. The first kappa shape index (κ1) is 19.1. The maximum absolute atomic E-state index is 12.4. The van der Waals surface area contributed by atoms with Gasteiger partial charge >= 0.3 is 0 Å². The van der Waals surface area contributed by atoms with E-state index in [2.05, 4.69) is 5.32 Å². The summed E-state index contributed by atoms with van der Waals surface area (Å²) in [4.78, 5) is 26.7. The highest BCUT2D eigenvalue weighted by molar-refractivity contribution is 5.78. The van der Waals surface area contributed by atoms with Crippen LogP contribution < -0.4 is 19.7 Å². The Bertz CT molecular complexity index is 593. The highest BCUT2D eigenvalue weighted by atomic mass is 16.6. The van der Waals surface area contributed by atoms with Gasteiger partial charge in [0.2, 0.25) is 0 Å². The maximum Gasteiger partial charge on any atom is 0.277 e. The van der Waals surface area contributed by atoms with Crippen LogP contribution in [-0.2, 0) is 9.59 Å². The molecule has 0 aliphatic carbocycles. The standard InChI is InChI=1S/C18H27N3O4/c1-4-19-17(22)11-21(5-2)12-18(23)20(3)10-14-13-24-15-8-6-7-9-16(15)25-14/h6-9,14H,4-5,10-13H2,1-3H3,(H,19,22)/p+1/t14-/m1/s1. The molecule has 1 aromatic rings. The molecule has 0 bridgehead atoms. The summed E-state index contributed by atoms with van der Waals surface area (Å²) in [6.07, 6.45) is -0.197. The number of amides is 2. The molecule has 1 aliphatic rings. The van der Waals surface area contributed by atoms with Crippen LogP contribution in [-0.4, -0.2) is 69.2 Å². The Labute approximate surface area is 148 Å². The highest BCUT2D eigenvalue weighted by Crippen LogP contribution is 2.30. The average Bonchev–Trinajstić information content (AvgIpc) is 2.61. The molecule has 1 aromatic carbocycles. The molecule has 0 spiro atoms. The minimum absolute atomic E-state index is 0.0105. The van der Waals surface area contributed by atoms with Gasteiger partial charge in [-0.1, -0.05) is 12.1 Å². The molecular weight excluding hydrogens is 322 g/mol. The molecule has 7 nitrogen and oxygen atoms in total. The van der Waals surface area contributed by atoms with Crippen molar-refractivity contribution in [2.24, 2.45) is 0 Å². The molecule has 0 saturated carbocycles. The van der Waals surface area contributed by atoms with Crippen LogP contribution in [0.15, 0.2) is 24.3 Å². The van der Waals surface area contributed by atoms with Crippen LogP contribution in [0.4, 0.5) is 0 Å². The van der Waals surface area contributed by atoms with Gasteiger partial charge in [-0.15, -0.1) is 0 Å². The number of likely N-dealkylation sites (N-methyl/N-ethyl adjacent to an activating group) is 3. The highest BCUT2D eigenvalue weighted by Gasteiger charge is 2.25. The van der Waals surface area contributed by atoms with Crippen LogP contribution in [0.2, 0.25) is 0 Å². The summed E-state index contributed by atoms with van der Waals surface area (Å²) in [7, 11) is 1.76. The van der Waals surface area contributed by atoms with Crippen molar-refractivity contribution < 1.29 is 24.0 Å². The number of hydrogen-bond donors (Lipinski definition) is 2. The predicted octanol–water partition coefficient (Wildman–Crippen LogP) is -0.674. The van der Waals surface area contributed by atoms with E-state index in [9.17, 15) is 9.59 Å². The third-order valence-electron chi connectivity index (χ3n) is 4.16. The Morgan fingerprint density at radius 2 is 1.96 bits per heavy atom. The van der Waals surface area contributed by atoms with Gasteiger partial charge in [0, 0.05) is 13.6 Å². The lowest BCUT2D eigenvalue weighted by molar-refractivity contribution is -0.882. The van der Waals surface area contributed by atoms with Gasteiger partial charge in [0.05, 0.1) is 13.1 Å². The minimum atomic E-state index is -0.197. The fraction of sp³-hybridized carbons (Fsp3) is 0.556. The molecule has 0 aromatic heterocycles. The molecule has 0 saturated heterocycles. The van der Waals surface area contributed by atoms with Gasteiger partial charge in [-0.3, -0.25) is 9.59 Å². The van der Waals surface area contributed by atoms with Crippen LogP contribution in [0.1, 0.15) is 13.8 Å². The number of carbonyl (C=O) groups excluding carboxylic acids is 2. The molecule has 2 N–H and O–H groups in total. The first-order valence-corrected chi connectivity index (χ1v) is 8.76. The monoisotopic (exact) mass is 350 g/mol. The molecular formula is C18H28N3O4+. The smallest absolute Gasteiger partial charge is 0.277 e. The zero-order valence-corrected chi connectivity index (χ0v) is 15.2. The van der Waals surface area contributed by atoms with E-state index in [1.165, 1.54) is 0 Å². The summed E-state index contributed by atoms with van der Waals surface area (Å²) in [5, 5.41) is 2.77. The van der Waals surface area contributed by atoms with E-state index in [-0.39, 0.29) is 24.5 Å². The number of fused-ring (bicyclic) bond motifs is 1. The average molecular weight is 350 g/mol. The summed E-state index contributed by atoms with van der Waals surface area (Å²) in [5.41, 5.74) is 0. The topological polar surface area (TPSA) is 72.3 Å².